The third kappa shape index (κ3) is 5.23. The number of ether oxygens (including phenoxy) is 1. The fourth-order valence-electron chi connectivity index (χ4n) is 1.64. The second-order valence-corrected chi connectivity index (χ2v) is 5.10. The van der Waals surface area contributed by atoms with Crippen molar-refractivity contribution in [1.29, 1.82) is 0 Å². The van der Waals surface area contributed by atoms with E-state index in [-0.39, 0.29) is 11.9 Å². The minimum Gasteiger partial charge on any atom is -0.486 e. The molecule has 0 saturated heterocycles. The van der Waals surface area contributed by atoms with Crippen LogP contribution in [0, 0.1) is 5.82 Å². The molecule has 0 amide bonds. The second kappa shape index (κ2) is 7.59. The van der Waals surface area contributed by atoms with E-state index in [1.807, 2.05) is 0 Å². The SMILES string of the molecule is CCCC(CNC(C)C)Oc1ccc(Cl)cc1F. The van der Waals surface area contributed by atoms with E-state index in [1.54, 1.807) is 12.1 Å². The van der Waals surface area contributed by atoms with E-state index in [4.69, 9.17) is 16.3 Å². The largest absolute Gasteiger partial charge is 0.486 e. The monoisotopic (exact) mass is 273 g/mol. The van der Waals surface area contributed by atoms with Crippen molar-refractivity contribution < 1.29 is 9.13 Å². The predicted molar refractivity (Wildman–Crippen MR) is 73.9 cm³/mol. The van der Waals surface area contributed by atoms with Crippen LogP contribution in [0.5, 0.6) is 5.75 Å². The Kier molecular flexibility index (Phi) is 6.44. The highest BCUT2D eigenvalue weighted by atomic mass is 35.5. The molecule has 0 radical (unpaired) electrons. The molecule has 2 nitrogen and oxygen atoms in total. The molecule has 0 aromatic heterocycles. The summed E-state index contributed by atoms with van der Waals surface area (Å²) in [4.78, 5) is 0. The minimum absolute atomic E-state index is 0.0203. The van der Waals surface area contributed by atoms with Gasteiger partial charge in [-0.1, -0.05) is 38.8 Å². The first-order valence-corrected chi connectivity index (χ1v) is 6.75. The van der Waals surface area contributed by atoms with Crippen LogP contribution in [0.3, 0.4) is 0 Å². The van der Waals surface area contributed by atoms with Gasteiger partial charge in [0.2, 0.25) is 0 Å². The highest BCUT2D eigenvalue weighted by Crippen LogP contribution is 2.22. The normalized spacial score (nSPS) is 12.8. The van der Waals surface area contributed by atoms with Gasteiger partial charge in [-0.3, -0.25) is 0 Å². The van der Waals surface area contributed by atoms with E-state index in [1.165, 1.54) is 6.07 Å². The van der Waals surface area contributed by atoms with Crippen LogP contribution in [-0.4, -0.2) is 18.7 Å². The van der Waals surface area contributed by atoms with Gasteiger partial charge in [0.1, 0.15) is 6.10 Å². The maximum absolute atomic E-state index is 13.6. The summed E-state index contributed by atoms with van der Waals surface area (Å²) in [5.41, 5.74) is 0. The molecule has 1 rings (SSSR count). The van der Waals surface area contributed by atoms with Crippen molar-refractivity contribution in [2.45, 2.75) is 45.8 Å². The molecule has 0 fully saturated rings. The molecular formula is C14H21ClFNO. The Labute approximate surface area is 113 Å². The fourth-order valence-corrected chi connectivity index (χ4v) is 1.80. The van der Waals surface area contributed by atoms with E-state index in [2.05, 4.69) is 26.1 Å². The summed E-state index contributed by atoms with van der Waals surface area (Å²) in [6.07, 6.45) is 1.87. The molecule has 18 heavy (non-hydrogen) atoms. The van der Waals surface area contributed by atoms with Crippen molar-refractivity contribution in [2.24, 2.45) is 0 Å². The molecule has 1 atom stereocenters. The Morgan fingerprint density at radius 3 is 2.67 bits per heavy atom. The van der Waals surface area contributed by atoms with Crippen LogP contribution in [0.2, 0.25) is 5.02 Å². The first kappa shape index (κ1) is 15.3. The molecule has 0 saturated carbocycles. The van der Waals surface area contributed by atoms with E-state index in [0.717, 1.165) is 12.8 Å². The van der Waals surface area contributed by atoms with Gasteiger partial charge in [0.05, 0.1) is 0 Å². The first-order chi connectivity index (χ1) is 8.52. The van der Waals surface area contributed by atoms with Gasteiger partial charge in [0.15, 0.2) is 11.6 Å². The van der Waals surface area contributed by atoms with Gasteiger partial charge in [0.25, 0.3) is 0 Å². The molecule has 102 valence electrons. The van der Waals surface area contributed by atoms with Crippen LogP contribution in [0.25, 0.3) is 0 Å². The number of rotatable bonds is 7. The Morgan fingerprint density at radius 1 is 1.39 bits per heavy atom. The van der Waals surface area contributed by atoms with Crippen LogP contribution in [-0.2, 0) is 0 Å². The lowest BCUT2D eigenvalue weighted by molar-refractivity contribution is 0.176. The number of hydrogen-bond donors (Lipinski definition) is 1. The van der Waals surface area contributed by atoms with Crippen molar-refractivity contribution in [2.75, 3.05) is 6.54 Å². The van der Waals surface area contributed by atoms with Gasteiger partial charge in [0, 0.05) is 17.6 Å². The summed E-state index contributed by atoms with van der Waals surface area (Å²) in [5.74, 6) is -0.142. The quantitative estimate of drug-likeness (QED) is 0.810. The second-order valence-electron chi connectivity index (χ2n) is 4.67. The maximum Gasteiger partial charge on any atom is 0.166 e. The van der Waals surface area contributed by atoms with Gasteiger partial charge >= 0.3 is 0 Å². The van der Waals surface area contributed by atoms with Crippen molar-refractivity contribution in [3.8, 4) is 5.75 Å². The third-order valence-electron chi connectivity index (χ3n) is 2.55. The summed E-state index contributed by atoms with van der Waals surface area (Å²) in [6, 6.07) is 4.88. The van der Waals surface area contributed by atoms with Gasteiger partial charge in [-0.15, -0.1) is 0 Å². The van der Waals surface area contributed by atoms with Crippen molar-refractivity contribution in [3.63, 3.8) is 0 Å². The summed E-state index contributed by atoms with van der Waals surface area (Å²) in [5, 5.41) is 3.69. The first-order valence-electron chi connectivity index (χ1n) is 6.38. The average Bonchev–Trinajstić information content (AvgIpc) is 2.29. The van der Waals surface area contributed by atoms with Crippen LogP contribution >= 0.6 is 11.6 Å². The molecule has 1 N–H and O–H groups in total. The minimum atomic E-state index is -0.409. The highest BCUT2D eigenvalue weighted by molar-refractivity contribution is 6.30. The number of hydrogen-bond acceptors (Lipinski definition) is 2. The van der Waals surface area contributed by atoms with Gasteiger partial charge in [-0.05, 0) is 24.6 Å². The number of halogens is 2. The van der Waals surface area contributed by atoms with Crippen molar-refractivity contribution in [3.05, 3.63) is 29.0 Å². The Hall–Kier alpha value is -0.800. The topological polar surface area (TPSA) is 21.3 Å². The standard InChI is InChI=1S/C14H21ClFNO/c1-4-5-12(9-17-10(2)3)18-14-7-6-11(15)8-13(14)16/h6-8,10,12,17H,4-5,9H2,1-3H3. The van der Waals surface area contributed by atoms with Crippen LogP contribution in [0.1, 0.15) is 33.6 Å². The summed E-state index contributed by atoms with van der Waals surface area (Å²) in [6.45, 7) is 6.95. The molecular weight excluding hydrogens is 253 g/mol. The van der Waals surface area contributed by atoms with Gasteiger partial charge in [-0.25, -0.2) is 4.39 Å². The number of benzene rings is 1. The van der Waals surface area contributed by atoms with E-state index < -0.39 is 5.82 Å². The third-order valence-corrected chi connectivity index (χ3v) is 2.79. The van der Waals surface area contributed by atoms with Crippen LogP contribution in [0.15, 0.2) is 18.2 Å². The summed E-state index contributed by atoms with van der Waals surface area (Å²) < 4.78 is 19.3. The molecule has 1 aromatic carbocycles. The summed E-state index contributed by atoms with van der Waals surface area (Å²) in [7, 11) is 0. The molecule has 0 spiro atoms. The smallest absolute Gasteiger partial charge is 0.166 e. The molecule has 0 aliphatic carbocycles. The molecule has 1 unspecified atom stereocenters. The Balaban J connectivity index is 2.64. The molecule has 0 aliphatic heterocycles. The lowest BCUT2D eigenvalue weighted by Crippen LogP contribution is -2.35. The zero-order chi connectivity index (χ0) is 13.5. The fraction of sp³-hybridized carbons (Fsp3) is 0.571. The molecule has 0 heterocycles. The zero-order valence-corrected chi connectivity index (χ0v) is 11.9. The van der Waals surface area contributed by atoms with Crippen molar-refractivity contribution in [1.82, 2.24) is 5.32 Å². The van der Waals surface area contributed by atoms with Crippen molar-refractivity contribution >= 4 is 11.6 Å². The maximum atomic E-state index is 13.6. The van der Waals surface area contributed by atoms with Gasteiger partial charge < -0.3 is 10.1 Å². The highest BCUT2D eigenvalue weighted by Gasteiger charge is 2.13. The Morgan fingerprint density at radius 2 is 2.11 bits per heavy atom. The lowest BCUT2D eigenvalue weighted by atomic mass is 10.2. The molecule has 0 aliphatic rings. The number of nitrogens with one attached hydrogen (secondary N) is 1. The van der Waals surface area contributed by atoms with Crippen LogP contribution < -0.4 is 10.1 Å². The predicted octanol–water partition coefficient (Wildman–Crippen LogP) is 4.02. The molecule has 1 aromatic rings. The summed E-state index contributed by atoms with van der Waals surface area (Å²) >= 11 is 5.71. The molecule has 0 bridgehead atoms. The van der Waals surface area contributed by atoms with E-state index in [0.29, 0.717) is 17.6 Å². The zero-order valence-electron chi connectivity index (χ0n) is 11.2. The van der Waals surface area contributed by atoms with Crippen LogP contribution in [0.4, 0.5) is 4.39 Å². The molecule has 4 heteroatoms. The Bertz CT molecular complexity index is 371. The van der Waals surface area contributed by atoms with E-state index >= 15 is 0 Å². The van der Waals surface area contributed by atoms with Gasteiger partial charge in [-0.2, -0.15) is 0 Å². The average molecular weight is 274 g/mol. The lowest BCUT2D eigenvalue weighted by Gasteiger charge is -2.21. The van der Waals surface area contributed by atoms with E-state index in [9.17, 15) is 4.39 Å².